The quantitative estimate of drug-likeness (QED) is 0.518. The first-order valence-corrected chi connectivity index (χ1v) is 7.63. The van der Waals surface area contributed by atoms with Gasteiger partial charge in [-0.15, -0.1) is 5.10 Å². The van der Waals surface area contributed by atoms with E-state index in [2.05, 4.69) is 15.5 Å². The Kier molecular flexibility index (Phi) is 4.97. The number of aromatic nitrogens is 2. The van der Waals surface area contributed by atoms with Crippen molar-refractivity contribution < 1.29 is 23.6 Å². The molecular formula is C17H14N4O6. The second-order valence-corrected chi connectivity index (χ2v) is 5.28. The van der Waals surface area contributed by atoms with Gasteiger partial charge in [-0.05, 0) is 18.2 Å². The second kappa shape index (κ2) is 7.52. The summed E-state index contributed by atoms with van der Waals surface area (Å²) in [5.41, 5.74) is 0.430. The van der Waals surface area contributed by atoms with Crippen LogP contribution in [0.2, 0.25) is 0 Å². The van der Waals surface area contributed by atoms with Crippen molar-refractivity contribution in [1.82, 2.24) is 10.2 Å². The van der Waals surface area contributed by atoms with Crippen LogP contribution < -0.4 is 14.8 Å². The summed E-state index contributed by atoms with van der Waals surface area (Å²) >= 11 is 0. The highest BCUT2D eigenvalue weighted by Crippen LogP contribution is 2.29. The summed E-state index contributed by atoms with van der Waals surface area (Å²) in [6.07, 6.45) is 0. The van der Waals surface area contributed by atoms with Crippen molar-refractivity contribution in [3.05, 3.63) is 58.1 Å². The Bertz CT molecular complexity index is 978. The Morgan fingerprint density at radius 1 is 1.11 bits per heavy atom. The second-order valence-electron chi connectivity index (χ2n) is 5.28. The molecule has 0 saturated heterocycles. The van der Waals surface area contributed by atoms with E-state index in [1.165, 1.54) is 32.4 Å². The van der Waals surface area contributed by atoms with Gasteiger partial charge in [0.05, 0.1) is 19.1 Å². The van der Waals surface area contributed by atoms with Gasteiger partial charge in [0.1, 0.15) is 11.5 Å². The first-order chi connectivity index (χ1) is 13.0. The third kappa shape index (κ3) is 4.00. The summed E-state index contributed by atoms with van der Waals surface area (Å²) in [5.74, 6) is 0.591. The molecule has 0 unspecified atom stereocenters. The van der Waals surface area contributed by atoms with Gasteiger partial charge in [-0.1, -0.05) is 11.2 Å². The maximum Gasteiger partial charge on any atom is 0.322 e. The molecule has 3 aromatic rings. The molecule has 0 fully saturated rings. The van der Waals surface area contributed by atoms with Crippen LogP contribution in [0.3, 0.4) is 0 Å². The number of carbonyl (C=O) groups is 1. The highest BCUT2D eigenvalue weighted by atomic mass is 16.6. The number of nitro groups is 1. The SMILES string of the molecule is COc1cc(OC)cc(-c2nnc(NC(=O)c3cccc([N+](=O)[O-])c3)o2)c1. The molecule has 0 aliphatic carbocycles. The molecule has 0 saturated carbocycles. The van der Waals surface area contributed by atoms with Crippen LogP contribution in [0.4, 0.5) is 11.7 Å². The highest BCUT2D eigenvalue weighted by Gasteiger charge is 2.16. The molecule has 1 heterocycles. The Morgan fingerprint density at radius 3 is 2.44 bits per heavy atom. The standard InChI is InChI=1S/C17H14N4O6/c1-25-13-7-11(8-14(9-13)26-2)16-19-20-17(27-16)18-15(22)10-4-3-5-12(6-10)21(23)24/h3-9H,1-2H3,(H,18,20,22). The lowest BCUT2D eigenvalue weighted by Crippen LogP contribution is -2.12. The number of carbonyl (C=O) groups excluding carboxylic acids is 1. The molecule has 0 bridgehead atoms. The van der Waals surface area contributed by atoms with Crippen LogP contribution in [-0.4, -0.2) is 35.2 Å². The molecule has 1 aromatic heterocycles. The van der Waals surface area contributed by atoms with E-state index >= 15 is 0 Å². The third-order valence-corrected chi connectivity index (χ3v) is 3.56. The van der Waals surface area contributed by atoms with Crippen LogP contribution in [0, 0.1) is 10.1 Å². The van der Waals surface area contributed by atoms with Gasteiger partial charge < -0.3 is 13.9 Å². The van der Waals surface area contributed by atoms with Gasteiger partial charge in [0.25, 0.3) is 11.6 Å². The molecule has 0 aliphatic heterocycles. The maximum absolute atomic E-state index is 12.2. The van der Waals surface area contributed by atoms with E-state index < -0.39 is 10.8 Å². The Balaban J connectivity index is 1.81. The van der Waals surface area contributed by atoms with E-state index in [1.807, 2.05) is 0 Å². The van der Waals surface area contributed by atoms with Gasteiger partial charge >= 0.3 is 6.01 Å². The minimum Gasteiger partial charge on any atom is -0.497 e. The lowest BCUT2D eigenvalue weighted by Gasteiger charge is -2.05. The van der Waals surface area contributed by atoms with Gasteiger partial charge in [0.2, 0.25) is 5.89 Å². The fourth-order valence-corrected chi connectivity index (χ4v) is 2.25. The van der Waals surface area contributed by atoms with Crippen molar-refractivity contribution in [3.63, 3.8) is 0 Å². The number of methoxy groups -OCH3 is 2. The van der Waals surface area contributed by atoms with Crippen LogP contribution >= 0.6 is 0 Å². The molecule has 0 aliphatic rings. The molecule has 0 radical (unpaired) electrons. The number of rotatable bonds is 6. The number of non-ortho nitro benzene ring substituents is 1. The molecule has 1 amide bonds. The lowest BCUT2D eigenvalue weighted by atomic mass is 10.2. The normalized spacial score (nSPS) is 10.3. The minimum atomic E-state index is -0.614. The van der Waals surface area contributed by atoms with Crippen molar-refractivity contribution in [2.75, 3.05) is 19.5 Å². The van der Waals surface area contributed by atoms with Crippen LogP contribution in [0.5, 0.6) is 11.5 Å². The number of nitrogens with zero attached hydrogens (tertiary/aromatic N) is 3. The zero-order valence-electron chi connectivity index (χ0n) is 14.3. The van der Waals surface area contributed by atoms with Gasteiger partial charge in [0.15, 0.2) is 0 Å². The number of nitrogens with one attached hydrogen (secondary N) is 1. The first kappa shape index (κ1) is 17.9. The Labute approximate surface area is 152 Å². The van der Waals surface area contributed by atoms with Gasteiger partial charge in [-0.2, -0.15) is 0 Å². The first-order valence-electron chi connectivity index (χ1n) is 7.63. The fraction of sp³-hybridized carbons (Fsp3) is 0.118. The number of amides is 1. The number of hydrogen-bond donors (Lipinski definition) is 1. The zero-order chi connectivity index (χ0) is 19.4. The monoisotopic (exact) mass is 370 g/mol. The number of nitro benzene ring substituents is 1. The van der Waals surface area contributed by atoms with Crippen LogP contribution in [0.25, 0.3) is 11.5 Å². The Morgan fingerprint density at radius 2 is 1.81 bits per heavy atom. The smallest absolute Gasteiger partial charge is 0.322 e. The van der Waals surface area contributed by atoms with Gasteiger partial charge in [-0.25, -0.2) is 0 Å². The van der Waals surface area contributed by atoms with E-state index in [4.69, 9.17) is 13.9 Å². The number of anilines is 1. The van der Waals surface area contributed by atoms with E-state index in [9.17, 15) is 14.9 Å². The Hall–Kier alpha value is -3.95. The van der Waals surface area contributed by atoms with Crippen molar-refractivity contribution >= 4 is 17.6 Å². The molecule has 27 heavy (non-hydrogen) atoms. The highest BCUT2D eigenvalue weighted by molar-refractivity contribution is 6.03. The number of hydrogen-bond acceptors (Lipinski definition) is 8. The molecule has 10 heteroatoms. The summed E-state index contributed by atoms with van der Waals surface area (Å²) in [6, 6.07) is 10.2. The predicted octanol–water partition coefficient (Wildman–Crippen LogP) is 2.91. The predicted molar refractivity (Wildman–Crippen MR) is 93.9 cm³/mol. The van der Waals surface area contributed by atoms with E-state index in [1.54, 1.807) is 18.2 Å². The van der Waals surface area contributed by atoms with Crippen LogP contribution in [0.15, 0.2) is 46.9 Å². The van der Waals surface area contributed by atoms with Crippen LogP contribution in [0.1, 0.15) is 10.4 Å². The third-order valence-electron chi connectivity index (χ3n) is 3.56. The molecule has 0 atom stereocenters. The van der Waals surface area contributed by atoms with Crippen molar-refractivity contribution in [2.45, 2.75) is 0 Å². The number of ether oxygens (including phenoxy) is 2. The fourth-order valence-electron chi connectivity index (χ4n) is 2.25. The van der Waals surface area contributed by atoms with Crippen molar-refractivity contribution in [1.29, 1.82) is 0 Å². The lowest BCUT2D eigenvalue weighted by molar-refractivity contribution is -0.384. The summed E-state index contributed by atoms with van der Waals surface area (Å²) in [4.78, 5) is 22.5. The minimum absolute atomic E-state index is 0.0898. The largest absolute Gasteiger partial charge is 0.497 e. The molecule has 3 rings (SSSR count). The average Bonchev–Trinajstić information content (AvgIpc) is 3.16. The topological polar surface area (TPSA) is 130 Å². The number of benzene rings is 2. The summed E-state index contributed by atoms with van der Waals surface area (Å²) < 4.78 is 15.8. The molecule has 138 valence electrons. The zero-order valence-corrected chi connectivity index (χ0v) is 14.3. The average molecular weight is 370 g/mol. The van der Waals surface area contributed by atoms with Gasteiger partial charge in [-0.3, -0.25) is 20.2 Å². The van der Waals surface area contributed by atoms with Gasteiger partial charge in [0, 0.05) is 29.3 Å². The molecule has 0 spiro atoms. The summed E-state index contributed by atoms with van der Waals surface area (Å²) in [7, 11) is 3.02. The molecule has 10 nitrogen and oxygen atoms in total. The summed E-state index contributed by atoms with van der Waals surface area (Å²) in [6.45, 7) is 0. The van der Waals surface area contributed by atoms with Crippen molar-refractivity contribution in [3.8, 4) is 23.0 Å². The molecular weight excluding hydrogens is 356 g/mol. The molecule has 2 aromatic carbocycles. The van der Waals surface area contributed by atoms with Crippen LogP contribution in [-0.2, 0) is 0 Å². The summed E-state index contributed by atoms with van der Waals surface area (Å²) in [5, 5.41) is 20.9. The van der Waals surface area contributed by atoms with E-state index in [0.29, 0.717) is 17.1 Å². The maximum atomic E-state index is 12.2. The van der Waals surface area contributed by atoms with E-state index in [-0.39, 0.29) is 23.2 Å². The molecule has 1 N–H and O–H groups in total. The van der Waals surface area contributed by atoms with Crippen molar-refractivity contribution in [2.24, 2.45) is 0 Å². The van der Waals surface area contributed by atoms with E-state index in [0.717, 1.165) is 6.07 Å².